The average molecular weight is 264 g/mol. The molecule has 1 aromatic heterocycles. The van der Waals surface area contributed by atoms with E-state index in [4.69, 9.17) is 4.42 Å². The largest absolute Gasteiger partial charge is 0.467 e. The molecule has 2 atom stereocenters. The van der Waals surface area contributed by atoms with Gasteiger partial charge in [0.1, 0.15) is 5.76 Å². The van der Waals surface area contributed by atoms with E-state index in [0.717, 1.165) is 18.6 Å². The molecule has 1 aliphatic carbocycles. The van der Waals surface area contributed by atoms with Crippen molar-refractivity contribution in [2.45, 2.75) is 32.7 Å². The average Bonchev–Trinajstić information content (AvgIpc) is 3.05. The molecule has 1 aromatic rings. The Morgan fingerprint density at radius 2 is 2.05 bits per heavy atom. The summed E-state index contributed by atoms with van der Waals surface area (Å²) in [6, 6.07) is 3.59. The van der Waals surface area contributed by atoms with E-state index in [1.165, 1.54) is 0 Å². The molecule has 2 rings (SSSR count). The van der Waals surface area contributed by atoms with Crippen LogP contribution in [0.5, 0.6) is 0 Å². The Kier molecular flexibility index (Phi) is 4.60. The van der Waals surface area contributed by atoms with E-state index in [2.05, 4.69) is 17.6 Å². The molecule has 0 saturated heterocycles. The number of rotatable bonds is 7. The Bertz CT molecular complexity index is 428. The molecule has 2 amide bonds. The van der Waals surface area contributed by atoms with Crippen LogP contribution in [0.15, 0.2) is 22.8 Å². The van der Waals surface area contributed by atoms with Crippen molar-refractivity contribution in [1.29, 1.82) is 0 Å². The smallest absolute Gasteiger partial charge is 0.224 e. The maximum absolute atomic E-state index is 11.8. The van der Waals surface area contributed by atoms with Gasteiger partial charge in [0, 0.05) is 6.54 Å². The maximum Gasteiger partial charge on any atom is 0.224 e. The molecular formula is C14H20N2O3. The molecule has 104 valence electrons. The van der Waals surface area contributed by atoms with Gasteiger partial charge in [0.25, 0.3) is 0 Å². The third kappa shape index (κ3) is 3.84. The summed E-state index contributed by atoms with van der Waals surface area (Å²) in [7, 11) is 0. The lowest BCUT2D eigenvalue weighted by Crippen LogP contribution is -2.30. The van der Waals surface area contributed by atoms with E-state index in [1.807, 2.05) is 6.07 Å². The zero-order valence-corrected chi connectivity index (χ0v) is 11.1. The summed E-state index contributed by atoms with van der Waals surface area (Å²) in [4.78, 5) is 23.5. The van der Waals surface area contributed by atoms with Gasteiger partial charge in [-0.15, -0.1) is 0 Å². The normalized spacial score (nSPS) is 20.9. The van der Waals surface area contributed by atoms with Crippen LogP contribution in [0.4, 0.5) is 0 Å². The molecule has 5 heteroatoms. The maximum atomic E-state index is 11.8. The first-order valence-electron chi connectivity index (χ1n) is 6.80. The van der Waals surface area contributed by atoms with Crippen LogP contribution in [0.2, 0.25) is 0 Å². The fraction of sp³-hybridized carbons (Fsp3) is 0.571. The van der Waals surface area contributed by atoms with Crippen molar-refractivity contribution in [1.82, 2.24) is 10.6 Å². The minimum absolute atomic E-state index is 0.00611. The first-order valence-corrected chi connectivity index (χ1v) is 6.80. The number of hydrogen-bond donors (Lipinski definition) is 2. The van der Waals surface area contributed by atoms with Gasteiger partial charge in [-0.1, -0.05) is 13.3 Å². The van der Waals surface area contributed by atoms with E-state index in [-0.39, 0.29) is 23.7 Å². The summed E-state index contributed by atoms with van der Waals surface area (Å²) < 4.78 is 5.13. The second-order valence-electron chi connectivity index (χ2n) is 4.89. The first-order chi connectivity index (χ1) is 9.22. The molecule has 1 saturated carbocycles. The topological polar surface area (TPSA) is 71.3 Å². The highest BCUT2D eigenvalue weighted by Gasteiger charge is 2.47. The number of furan rings is 1. The molecule has 5 nitrogen and oxygen atoms in total. The molecule has 2 N–H and O–H groups in total. The van der Waals surface area contributed by atoms with Crippen molar-refractivity contribution in [3.05, 3.63) is 24.2 Å². The van der Waals surface area contributed by atoms with Gasteiger partial charge in [-0.25, -0.2) is 0 Å². The minimum atomic E-state index is -0.170. The zero-order valence-electron chi connectivity index (χ0n) is 11.1. The Balaban J connectivity index is 1.67. The summed E-state index contributed by atoms with van der Waals surface area (Å²) >= 11 is 0. The third-order valence-corrected chi connectivity index (χ3v) is 3.31. The Morgan fingerprint density at radius 1 is 1.32 bits per heavy atom. The van der Waals surface area contributed by atoms with E-state index in [0.29, 0.717) is 19.5 Å². The fourth-order valence-electron chi connectivity index (χ4n) is 2.01. The van der Waals surface area contributed by atoms with Gasteiger partial charge in [-0.3, -0.25) is 9.59 Å². The quantitative estimate of drug-likeness (QED) is 0.732. The second-order valence-corrected chi connectivity index (χ2v) is 4.89. The highest BCUT2D eigenvalue weighted by molar-refractivity contribution is 5.92. The van der Waals surface area contributed by atoms with Crippen molar-refractivity contribution in [2.75, 3.05) is 6.54 Å². The van der Waals surface area contributed by atoms with Crippen molar-refractivity contribution >= 4 is 11.8 Å². The summed E-state index contributed by atoms with van der Waals surface area (Å²) in [5.74, 6) is 0.349. The molecular weight excluding hydrogens is 244 g/mol. The van der Waals surface area contributed by atoms with Crippen LogP contribution in [0.1, 0.15) is 31.9 Å². The van der Waals surface area contributed by atoms with Crippen molar-refractivity contribution in [3.63, 3.8) is 0 Å². The minimum Gasteiger partial charge on any atom is -0.467 e. The van der Waals surface area contributed by atoms with Gasteiger partial charge in [-0.05, 0) is 25.0 Å². The Labute approximate surface area is 112 Å². The number of hydrogen-bond acceptors (Lipinski definition) is 3. The number of carbonyl (C=O) groups is 2. The van der Waals surface area contributed by atoms with Crippen LogP contribution >= 0.6 is 0 Å². The van der Waals surface area contributed by atoms with Gasteiger partial charge >= 0.3 is 0 Å². The highest BCUT2D eigenvalue weighted by Crippen LogP contribution is 2.38. The van der Waals surface area contributed by atoms with Gasteiger partial charge in [0.15, 0.2) is 0 Å². The van der Waals surface area contributed by atoms with E-state index in [1.54, 1.807) is 12.3 Å². The van der Waals surface area contributed by atoms with E-state index >= 15 is 0 Å². The lowest BCUT2D eigenvalue weighted by Gasteiger charge is -2.04. The summed E-state index contributed by atoms with van der Waals surface area (Å²) in [5, 5.41) is 5.65. The van der Waals surface area contributed by atoms with E-state index < -0.39 is 0 Å². The zero-order chi connectivity index (χ0) is 13.7. The van der Waals surface area contributed by atoms with Crippen molar-refractivity contribution < 1.29 is 14.0 Å². The van der Waals surface area contributed by atoms with Crippen LogP contribution < -0.4 is 10.6 Å². The molecule has 0 aliphatic heterocycles. The Morgan fingerprint density at radius 3 is 2.68 bits per heavy atom. The molecule has 1 heterocycles. The van der Waals surface area contributed by atoms with Gasteiger partial charge in [0.2, 0.25) is 11.8 Å². The lowest BCUT2D eigenvalue weighted by molar-refractivity contribution is -0.127. The van der Waals surface area contributed by atoms with Crippen LogP contribution in [-0.2, 0) is 16.1 Å². The molecule has 0 bridgehead atoms. The summed E-state index contributed by atoms with van der Waals surface area (Å²) in [5.41, 5.74) is 0. The van der Waals surface area contributed by atoms with Crippen LogP contribution in [-0.4, -0.2) is 18.4 Å². The number of amides is 2. The van der Waals surface area contributed by atoms with Crippen molar-refractivity contribution in [3.8, 4) is 0 Å². The standard InChI is InChI=1S/C14H20N2O3/c1-2-3-6-15-13(17)11-8-12(11)14(18)16-9-10-5-4-7-19-10/h4-5,7,11-12H,2-3,6,8-9H2,1H3,(H,15,17)(H,16,18). The molecule has 0 spiro atoms. The second kappa shape index (κ2) is 6.41. The van der Waals surface area contributed by atoms with Crippen LogP contribution in [0.3, 0.4) is 0 Å². The molecule has 1 fully saturated rings. The predicted molar refractivity (Wildman–Crippen MR) is 70.1 cm³/mol. The van der Waals surface area contributed by atoms with Gasteiger partial charge < -0.3 is 15.1 Å². The number of nitrogens with one attached hydrogen (secondary N) is 2. The van der Waals surface area contributed by atoms with Gasteiger partial charge in [0.05, 0.1) is 24.6 Å². The lowest BCUT2D eigenvalue weighted by atomic mass is 10.2. The highest BCUT2D eigenvalue weighted by atomic mass is 16.3. The predicted octanol–water partition coefficient (Wildman–Crippen LogP) is 1.45. The molecule has 1 aliphatic rings. The first kappa shape index (κ1) is 13.6. The van der Waals surface area contributed by atoms with Gasteiger partial charge in [-0.2, -0.15) is 0 Å². The third-order valence-electron chi connectivity index (χ3n) is 3.31. The van der Waals surface area contributed by atoms with Crippen molar-refractivity contribution in [2.24, 2.45) is 11.8 Å². The molecule has 2 unspecified atom stereocenters. The molecule has 0 aromatic carbocycles. The summed E-state index contributed by atoms with van der Waals surface area (Å²) in [6.07, 6.45) is 4.26. The molecule has 0 radical (unpaired) electrons. The number of carbonyl (C=O) groups excluding carboxylic acids is 2. The number of unbranched alkanes of at least 4 members (excludes halogenated alkanes) is 1. The molecule has 19 heavy (non-hydrogen) atoms. The van der Waals surface area contributed by atoms with Crippen LogP contribution in [0.25, 0.3) is 0 Å². The van der Waals surface area contributed by atoms with E-state index in [9.17, 15) is 9.59 Å². The Hall–Kier alpha value is -1.78. The van der Waals surface area contributed by atoms with Crippen LogP contribution in [0, 0.1) is 11.8 Å². The SMILES string of the molecule is CCCCNC(=O)C1CC1C(=O)NCc1ccco1. The monoisotopic (exact) mass is 264 g/mol. The fourth-order valence-corrected chi connectivity index (χ4v) is 2.01. The summed E-state index contributed by atoms with van der Waals surface area (Å²) in [6.45, 7) is 3.16.